The highest BCUT2D eigenvalue weighted by Crippen LogP contribution is 2.33. The van der Waals surface area contributed by atoms with Crippen molar-refractivity contribution in [3.05, 3.63) is 60.6 Å². The molecule has 0 bridgehead atoms. The lowest BCUT2D eigenvalue weighted by atomic mass is 10.1. The van der Waals surface area contributed by atoms with Crippen LogP contribution in [0, 0.1) is 0 Å². The Morgan fingerprint density at radius 3 is 2.83 bits per heavy atom. The molecule has 0 saturated heterocycles. The van der Waals surface area contributed by atoms with E-state index in [9.17, 15) is 5.11 Å². The van der Waals surface area contributed by atoms with Gasteiger partial charge in [-0.25, -0.2) is 9.97 Å². The number of nitrogens with one attached hydrogen (secondary N) is 3. The average Bonchev–Trinajstić information content (AvgIpc) is 3.66. The lowest BCUT2D eigenvalue weighted by molar-refractivity contribution is 0.190. The van der Waals surface area contributed by atoms with Gasteiger partial charge in [-0.1, -0.05) is 19.4 Å². The van der Waals surface area contributed by atoms with Crippen LogP contribution in [0.25, 0.3) is 55.2 Å². The highest BCUT2D eigenvalue weighted by atomic mass is 32.1. The molecule has 6 rings (SSSR count). The van der Waals surface area contributed by atoms with Gasteiger partial charge in [-0.3, -0.25) is 15.1 Å². The molecule has 0 saturated carbocycles. The first-order valence-corrected chi connectivity index (χ1v) is 12.7. The van der Waals surface area contributed by atoms with Crippen LogP contribution in [0.2, 0.25) is 0 Å². The molecule has 0 radical (unpaired) electrons. The molecule has 9 nitrogen and oxygen atoms in total. The van der Waals surface area contributed by atoms with Crippen molar-refractivity contribution in [3.8, 4) is 33.1 Å². The molecule has 36 heavy (non-hydrogen) atoms. The number of fused-ring (bicyclic) bond motifs is 2. The number of H-pyrrole nitrogens is 2. The number of imidazole rings is 1. The lowest BCUT2D eigenvalue weighted by Gasteiger charge is -2.14. The highest BCUT2D eigenvalue weighted by Gasteiger charge is 2.17. The van der Waals surface area contributed by atoms with Crippen molar-refractivity contribution in [2.24, 2.45) is 0 Å². The largest absolute Gasteiger partial charge is 0.374 e. The normalized spacial score (nSPS) is 12.4. The molecule has 6 aromatic heterocycles. The van der Waals surface area contributed by atoms with Crippen molar-refractivity contribution in [1.29, 1.82) is 0 Å². The zero-order chi connectivity index (χ0) is 24.5. The number of rotatable bonds is 8. The third-order valence-corrected chi connectivity index (χ3v) is 6.97. The van der Waals surface area contributed by atoms with Crippen molar-refractivity contribution in [2.75, 3.05) is 5.32 Å². The minimum absolute atomic E-state index is 0.600. The molecule has 6 aromatic rings. The first-order valence-electron chi connectivity index (χ1n) is 11.8. The molecule has 0 aromatic carbocycles. The summed E-state index contributed by atoms with van der Waals surface area (Å²) < 4.78 is 0. The number of thiophene rings is 1. The van der Waals surface area contributed by atoms with Crippen molar-refractivity contribution >= 4 is 39.1 Å². The molecule has 6 heterocycles. The van der Waals surface area contributed by atoms with Crippen LogP contribution in [0.4, 0.5) is 5.69 Å². The van der Waals surface area contributed by atoms with E-state index >= 15 is 0 Å². The maximum absolute atomic E-state index is 10.2. The van der Waals surface area contributed by atoms with Crippen LogP contribution in [0.3, 0.4) is 0 Å². The fourth-order valence-electron chi connectivity index (χ4n) is 4.24. The van der Waals surface area contributed by atoms with E-state index in [0.717, 1.165) is 62.2 Å². The van der Waals surface area contributed by atoms with E-state index in [-0.39, 0.29) is 0 Å². The molecular weight excluding hydrogens is 472 g/mol. The Balaban J connectivity index is 1.36. The number of aliphatic hydroxyl groups excluding tert-OH is 1. The van der Waals surface area contributed by atoms with Gasteiger partial charge < -0.3 is 15.4 Å². The molecule has 1 atom stereocenters. The van der Waals surface area contributed by atoms with Gasteiger partial charge in [0.05, 0.1) is 29.0 Å². The van der Waals surface area contributed by atoms with Crippen molar-refractivity contribution < 1.29 is 5.11 Å². The summed E-state index contributed by atoms with van der Waals surface area (Å²) in [5, 5.41) is 23.7. The maximum Gasteiger partial charge on any atom is 0.181 e. The zero-order valence-electron chi connectivity index (χ0n) is 19.6. The Morgan fingerprint density at radius 1 is 1.08 bits per heavy atom. The summed E-state index contributed by atoms with van der Waals surface area (Å²) in [6.45, 7) is 2.10. The van der Waals surface area contributed by atoms with E-state index in [1.807, 2.05) is 29.8 Å². The first kappa shape index (κ1) is 22.3. The second-order valence-electron chi connectivity index (χ2n) is 8.60. The number of aromatic nitrogens is 7. The number of nitrogens with zero attached hydrogens (tertiary/aromatic N) is 5. The fourth-order valence-corrected chi connectivity index (χ4v) is 4.98. The van der Waals surface area contributed by atoms with Gasteiger partial charge >= 0.3 is 0 Å². The SMILES string of the molecule is CCCCC(O)Nc1cncc(-c2cnc3n[nH]c(-c4nc5c(-c6cccs6)cncc5[nH]4)c3c2)c1. The fraction of sp³-hybridized carbons (Fsp3) is 0.192. The zero-order valence-corrected chi connectivity index (χ0v) is 20.4. The van der Waals surface area contributed by atoms with Crippen molar-refractivity contribution in [3.63, 3.8) is 0 Å². The summed E-state index contributed by atoms with van der Waals surface area (Å²) >= 11 is 1.66. The van der Waals surface area contributed by atoms with Gasteiger partial charge in [-0.05, 0) is 36.4 Å². The van der Waals surface area contributed by atoms with E-state index in [1.165, 1.54) is 0 Å². The Bertz CT molecular complexity index is 1640. The van der Waals surface area contributed by atoms with E-state index < -0.39 is 6.23 Å². The Hall–Kier alpha value is -4.15. The molecule has 0 amide bonds. The lowest BCUT2D eigenvalue weighted by Crippen LogP contribution is -2.18. The van der Waals surface area contributed by atoms with Gasteiger partial charge in [0.15, 0.2) is 11.5 Å². The van der Waals surface area contributed by atoms with E-state index in [2.05, 4.69) is 48.4 Å². The predicted octanol–water partition coefficient (Wildman–Crippen LogP) is 5.61. The van der Waals surface area contributed by atoms with E-state index in [4.69, 9.17) is 4.98 Å². The Kier molecular flexibility index (Phi) is 5.88. The number of aromatic amines is 2. The van der Waals surface area contributed by atoms with Gasteiger partial charge in [0, 0.05) is 40.2 Å². The third kappa shape index (κ3) is 4.21. The molecule has 0 aliphatic carbocycles. The number of hydrogen-bond donors (Lipinski definition) is 4. The third-order valence-electron chi connectivity index (χ3n) is 6.06. The van der Waals surface area contributed by atoms with Gasteiger partial charge in [0.1, 0.15) is 17.4 Å². The number of anilines is 1. The molecule has 180 valence electrons. The topological polar surface area (TPSA) is 128 Å². The molecular formula is C26H24N8OS. The Morgan fingerprint density at radius 2 is 1.97 bits per heavy atom. The summed E-state index contributed by atoms with van der Waals surface area (Å²) in [5.74, 6) is 0.671. The molecule has 10 heteroatoms. The van der Waals surface area contributed by atoms with Gasteiger partial charge in [0.2, 0.25) is 0 Å². The quantitative estimate of drug-likeness (QED) is 0.202. The molecule has 4 N–H and O–H groups in total. The second-order valence-corrected chi connectivity index (χ2v) is 9.55. The molecule has 0 spiro atoms. The maximum atomic E-state index is 10.2. The van der Waals surface area contributed by atoms with Crippen molar-refractivity contribution in [2.45, 2.75) is 32.4 Å². The summed E-state index contributed by atoms with van der Waals surface area (Å²) in [7, 11) is 0. The minimum atomic E-state index is -0.607. The Labute approximate surface area is 210 Å². The van der Waals surface area contributed by atoms with Crippen LogP contribution in [0.1, 0.15) is 26.2 Å². The average molecular weight is 497 g/mol. The van der Waals surface area contributed by atoms with Crippen molar-refractivity contribution in [1.82, 2.24) is 35.1 Å². The van der Waals surface area contributed by atoms with Gasteiger partial charge in [-0.2, -0.15) is 5.10 Å². The molecule has 0 fully saturated rings. The highest BCUT2D eigenvalue weighted by molar-refractivity contribution is 7.13. The van der Waals surface area contributed by atoms with Crippen LogP contribution >= 0.6 is 11.3 Å². The first-order chi connectivity index (χ1) is 17.7. The summed E-state index contributed by atoms with van der Waals surface area (Å²) in [6, 6.07) is 8.08. The predicted molar refractivity (Wildman–Crippen MR) is 142 cm³/mol. The molecule has 0 aliphatic rings. The van der Waals surface area contributed by atoms with Crippen LogP contribution in [-0.4, -0.2) is 46.5 Å². The smallest absolute Gasteiger partial charge is 0.181 e. The minimum Gasteiger partial charge on any atom is -0.374 e. The molecule has 1 unspecified atom stereocenters. The van der Waals surface area contributed by atoms with Crippen LogP contribution < -0.4 is 5.32 Å². The summed E-state index contributed by atoms with van der Waals surface area (Å²) in [5.41, 5.74) is 6.59. The molecule has 0 aliphatic heterocycles. The number of hydrogen-bond acceptors (Lipinski definition) is 8. The van der Waals surface area contributed by atoms with Gasteiger partial charge in [-0.15, -0.1) is 11.3 Å². The van der Waals surface area contributed by atoms with E-state index in [0.29, 0.717) is 17.9 Å². The summed E-state index contributed by atoms with van der Waals surface area (Å²) in [4.78, 5) is 22.7. The monoisotopic (exact) mass is 496 g/mol. The number of unbranched alkanes of at least 4 members (excludes halogenated alkanes) is 1. The second kappa shape index (κ2) is 9.48. The van der Waals surface area contributed by atoms with Crippen LogP contribution in [-0.2, 0) is 0 Å². The van der Waals surface area contributed by atoms with Gasteiger partial charge in [0.25, 0.3) is 0 Å². The van der Waals surface area contributed by atoms with Crippen LogP contribution in [0.5, 0.6) is 0 Å². The summed E-state index contributed by atoms with van der Waals surface area (Å²) in [6.07, 6.45) is 11.0. The number of pyridine rings is 3. The van der Waals surface area contributed by atoms with Crippen LogP contribution in [0.15, 0.2) is 60.6 Å². The standard InChI is InChI=1S/C26H24N8OS/c1-2-3-6-22(35)30-17-8-15(10-27-12-17)16-9-18-24(33-34-25(18)29-11-16)26-31-20-14-28-13-19(23(20)32-26)21-5-4-7-36-21/h4-5,7-14,22,30,35H,2-3,6H2,1H3,(H,31,32)(H,29,33,34). The number of aliphatic hydroxyl groups is 1. The van der Waals surface area contributed by atoms with E-state index in [1.54, 1.807) is 36.1 Å².